The van der Waals surface area contributed by atoms with Crippen molar-refractivity contribution in [2.24, 2.45) is 12.0 Å². The maximum atomic E-state index is 5.38. The molecule has 1 aromatic heterocycles. The van der Waals surface area contributed by atoms with Gasteiger partial charge >= 0.3 is 0 Å². The molecule has 0 radical (unpaired) electrons. The van der Waals surface area contributed by atoms with Gasteiger partial charge in [0.2, 0.25) is 0 Å². The van der Waals surface area contributed by atoms with Crippen molar-refractivity contribution in [2.45, 2.75) is 19.9 Å². The lowest BCUT2D eigenvalue weighted by atomic mass is 10.3. The quantitative estimate of drug-likeness (QED) is 0.367. The molecule has 1 aliphatic rings. The molecule has 2 N–H and O–H groups in total. The van der Waals surface area contributed by atoms with Gasteiger partial charge in [0.25, 0.3) is 0 Å². The molecule has 1 saturated heterocycles. The summed E-state index contributed by atoms with van der Waals surface area (Å²) in [5.74, 6) is 3.67. The minimum Gasteiger partial charge on any atom is -0.379 e. The van der Waals surface area contributed by atoms with E-state index in [0.29, 0.717) is 6.54 Å². The minimum absolute atomic E-state index is 0.523. The first-order chi connectivity index (χ1) is 12.2. The Morgan fingerprint density at radius 2 is 2.00 bits per heavy atom. The first kappa shape index (κ1) is 20.0. The number of thioether (sulfide) groups is 1. The normalized spacial score (nSPS) is 16.2. The zero-order chi connectivity index (χ0) is 17.9. The summed E-state index contributed by atoms with van der Waals surface area (Å²) in [5, 5.41) is 15.1. The molecule has 0 aromatic carbocycles. The van der Waals surface area contributed by atoms with Crippen LogP contribution in [0, 0.1) is 6.92 Å². The number of morpholine rings is 1. The Hall–Kier alpha value is -1.32. The maximum Gasteiger partial charge on any atom is 0.191 e. The predicted octanol–water partition coefficient (Wildman–Crippen LogP) is 0.244. The summed E-state index contributed by atoms with van der Waals surface area (Å²) in [7, 11) is 1.97. The van der Waals surface area contributed by atoms with Gasteiger partial charge in [0.05, 0.1) is 13.2 Å². The second kappa shape index (κ2) is 11.3. The average molecular weight is 370 g/mol. The Balaban J connectivity index is 1.77. The highest BCUT2D eigenvalue weighted by molar-refractivity contribution is 7.98. The van der Waals surface area contributed by atoms with E-state index in [4.69, 9.17) is 4.74 Å². The second-order valence-electron chi connectivity index (χ2n) is 6.04. The van der Waals surface area contributed by atoms with Gasteiger partial charge in [-0.05, 0) is 26.1 Å². The van der Waals surface area contributed by atoms with Crippen molar-refractivity contribution >= 4 is 17.7 Å². The molecule has 0 amide bonds. The third kappa shape index (κ3) is 7.21. The molecular weight excluding hydrogens is 338 g/mol. The monoisotopic (exact) mass is 369 g/mol. The number of nitrogens with zero attached hydrogens (tertiary/aromatic N) is 5. The average Bonchev–Trinajstić information content (AvgIpc) is 2.95. The molecule has 0 bridgehead atoms. The first-order valence-electron chi connectivity index (χ1n) is 8.87. The molecule has 0 atom stereocenters. The number of hydrogen-bond donors (Lipinski definition) is 2. The summed E-state index contributed by atoms with van der Waals surface area (Å²) < 4.78 is 7.36. The predicted molar refractivity (Wildman–Crippen MR) is 103 cm³/mol. The van der Waals surface area contributed by atoms with Crippen LogP contribution in [0.1, 0.15) is 18.1 Å². The maximum absolute atomic E-state index is 5.38. The number of ether oxygens (including phenoxy) is 1. The summed E-state index contributed by atoms with van der Waals surface area (Å²) in [4.78, 5) is 7.10. The molecule has 25 heavy (non-hydrogen) atoms. The van der Waals surface area contributed by atoms with Crippen LogP contribution in [0.3, 0.4) is 0 Å². The van der Waals surface area contributed by atoms with Crippen LogP contribution in [0.2, 0.25) is 0 Å². The number of aliphatic imine (C=N–C) groups is 1. The highest BCUT2D eigenvalue weighted by Crippen LogP contribution is 2.00. The summed E-state index contributed by atoms with van der Waals surface area (Å²) >= 11 is 1.82. The van der Waals surface area contributed by atoms with Crippen LogP contribution in [-0.2, 0) is 18.3 Å². The van der Waals surface area contributed by atoms with Crippen molar-refractivity contribution in [3.05, 3.63) is 11.6 Å². The Bertz CT molecular complexity index is 529. The summed E-state index contributed by atoms with van der Waals surface area (Å²) in [5.41, 5.74) is 0. The van der Waals surface area contributed by atoms with Crippen LogP contribution >= 0.6 is 11.8 Å². The third-order valence-electron chi connectivity index (χ3n) is 4.21. The number of nitrogens with one attached hydrogen (secondary N) is 2. The molecule has 0 saturated carbocycles. The van der Waals surface area contributed by atoms with Gasteiger partial charge in [-0.1, -0.05) is 0 Å². The zero-order valence-electron chi connectivity index (χ0n) is 15.6. The highest BCUT2D eigenvalue weighted by Gasteiger charge is 2.09. The van der Waals surface area contributed by atoms with Gasteiger partial charge in [0.1, 0.15) is 12.4 Å². The molecule has 8 nitrogen and oxygen atoms in total. The summed E-state index contributed by atoms with van der Waals surface area (Å²) in [6.45, 7) is 9.15. The lowest BCUT2D eigenvalue weighted by molar-refractivity contribution is 0.0376. The molecular formula is C16H31N7OS. The van der Waals surface area contributed by atoms with Crippen LogP contribution in [0.5, 0.6) is 0 Å². The fourth-order valence-electron chi connectivity index (χ4n) is 2.52. The molecule has 0 unspecified atom stereocenters. The van der Waals surface area contributed by atoms with E-state index in [1.54, 1.807) is 0 Å². The van der Waals surface area contributed by atoms with E-state index in [0.717, 1.165) is 75.7 Å². The van der Waals surface area contributed by atoms with E-state index in [9.17, 15) is 0 Å². The smallest absolute Gasteiger partial charge is 0.191 e. The van der Waals surface area contributed by atoms with Gasteiger partial charge in [0.15, 0.2) is 11.8 Å². The number of aromatic nitrogens is 3. The number of aryl methyl sites for hydroxylation is 1. The molecule has 9 heteroatoms. The molecule has 2 heterocycles. The van der Waals surface area contributed by atoms with Crippen molar-refractivity contribution < 1.29 is 4.74 Å². The van der Waals surface area contributed by atoms with Gasteiger partial charge < -0.3 is 19.9 Å². The number of rotatable bonds is 9. The lowest BCUT2D eigenvalue weighted by Crippen LogP contribution is -2.41. The Morgan fingerprint density at radius 3 is 2.68 bits per heavy atom. The van der Waals surface area contributed by atoms with Crippen LogP contribution in [-0.4, -0.2) is 83.6 Å². The van der Waals surface area contributed by atoms with Crippen LogP contribution in [0.25, 0.3) is 0 Å². The van der Waals surface area contributed by atoms with E-state index in [2.05, 4.69) is 37.0 Å². The van der Waals surface area contributed by atoms with E-state index in [1.807, 2.05) is 30.3 Å². The fraction of sp³-hybridized carbons (Fsp3) is 0.812. The van der Waals surface area contributed by atoms with Crippen LogP contribution in [0.15, 0.2) is 4.99 Å². The van der Waals surface area contributed by atoms with Gasteiger partial charge in [-0.25, -0.2) is 4.99 Å². The van der Waals surface area contributed by atoms with Gasteiger partial charge in [0, 0.05) is 39.0 Å². The van der Waals surface area contributed by atoms with E-state index >= 15 is 0 Å². The molecule has 0 spiro atoms. The van der Waals surface area contributed by atoms with Gasteiger partial charge in [-0.2, -0.15) is 11.8 Å². The molecule has 1 aliphatic heterocycles. The van der Waals surface area contributed by atoms with Crippen molar-refractivity contribution in [2.75, 3.05) is 57.9 Å². The zero-order valence-corrected chi connectivity index (χ0v) is 16.4. The molecule has 1 aromatic rings. The largest absolute Gasteiger partial charge is 0.379 e. The van der Waals surface area contributed by atoms with Crippen molar-refractivity contribution in [3.63, 3.8) is 0 Å². The highest BCUT2D eigenvalue weighted by atomic mass is 32.2. The van der Waals surface area contributed by atoms with Crippen molar-refractivity contribution in [1.29, 1.82) is 0 Å². The summed E-state index contributed by atoms with van der Waals surface area (Å²) in [6, 6.07) is 0. The molecule has 1 fully saturated rings. The lowest BCUT2D eigenvalue weighted by Gasteiger charge is -2.26. The van der Waals surface area contributed by atoms with E-state index in [1.165, 1.54) is 0 Å². The van der Waals surface area contributed by atoms with E-state index < -0.39 is 0 Å². The number of guanidine groups is 1. The standard InChI is InChI=1S/C16H31N7OS/c1-14-20-21-15(22(14)2)13-19-16(18-6-12-25-3)17-5-4-7-23-8-10-24-11-9-23/h4-13H2,1-3H3,(H2,17,18,19). The molecule has 2 rings (SSSR count). The Labute approximate surface area is 154 Å². The van der Waals surface area contributed by atoms with Crippen molar-refractivity contribution in [3.8, 4) is 0 Å². The van der Waals surface area contributed by atoms with Crippen LogP contribution in [0.4, 0.5) is 0 Å². The van der Waals surface area contributed by atoms with Crippen molar-refractivity contribution in [1.82, 2.24) is 30.3 Å². The Kier molecular flexibility index (Phi) is 9.06. The topological polar surface area (TPSA) is 79.6 Å². The minimum atomic E-state index is 0.523. The number of hydrogen-bond acceptors (Lipinski definition) is 6. The molecule has 0 aliphatic carbocycles. The van der Waals surface area contributed by atoms with Gasteiger partial charge in [-0.15, -0.1) is 10.2 Å². The summed E-state index contributed by atoms with van der Waals surface area (Å²) in [6.07, 6.45) is 3.20. The third-order valence-corrected chi connectivity index (χ3v) is 4.82. The first-order valence-corrected chi connectivity index (χ1v) is 10.3. The molecule has 142 valence electrons. The second-order valence-corrected chi connectivity index (χ2v) is 7.03. The van der Waals surface area contributed by atoms with E-state index in [-0.39, 0.29) is 0 Å². The van der Waals surface area contributed by atoms with Crippen LogP contribution < -0.4 is 10.6 Å². The fourth-order valence-corrected chi connectivity index (χ4v) is 2.82. The Morgan fingerprint density at radius 1 is 1.24 bits per heavy atom. The SMILES string of the molecule is CSCCNC(=NCc1nnc(C)n1C)NCCCN1CCOCC1. The van der Waals surface area contributed by atoms with Gasteiger partial charge in [-0.3, -0.25) is 4.90 Å².